The predicted octanol–water partition coefficient (Wildman–Crippen LogP) is 5.80. The number of hydrogen-bond acceptors (Lipinski definition) is 4. The number of aromatic carboxylic acids is 1. The summed E-state index contributed by atoms with van der Waals surface area (Å²) < 4.78 is 11.5. The van der Waals surface area contributed by atoms with Crippen LogP contribution in [0.5, 0.6) is 11.5 Å². The molecule has 0 amide bonds. The van der Waals surface area contributed by atoms with Crippen LogP contribution < -0.4 is 9.47 Å². The van der Waals surface area contributed by atoms with Gasteiger partial charge in [0.25, 0.3) is 0 Å². The average molecular weight is 413 g/mol. The van der Waals surface area contributed by atoms with E-state index in [-0.39, 0.29) is 5.56 Å². The summed E-state index contributed by atoms with van der Waals surface area (Å²) in [6.45, 7) is 4.39. The van der Waals surface area contributed by atoms with E-state index in [1.54, 1.807) is 19.2 Å². The third kappa shape index (κ3) is 4.21. The molecule has 0 aliphatic heterocycles. The van der Waals surface area contributed by atoms with Crippen LogP contribution in [0.25, 0.3) is 22.2 Å². The standard InChI is InChI=1S/C26H23NO4/c1-16-7-9-18(10-8-16)15-31-23-12-11-19(13-24(23)30-3)22-14-21(26(28)29)20-6-4-5-17(2)25(20)27-22/h4-14H,15H2,1-3H3,(H,28,29). The van der Waals surface area contributed by atoms with Crippen LogP contribution in [0.4, 0.5) is 0 Å². The maximum atomic E-state index is 11.9. The Kier molecular flexibility index (Phi) is 5.58. The van der Waals surface area contributed by atoms with Crippen molar-refractivity contribution < 1.29 is 19.4 Å². The van der Waals surface area contributed by atoms with Crippen molar-refractivity contribution in [2.45, 2.75) is 20.5 Å². The fourth-order valence-corrected chi connectivity index (χ4v) is 3.51. The second kappa shape index (κ2) is 8.48. The molecule has 0 aliphatic carbocycles. The van der Waals surface area contributed by atoms with Crippen LogP contribution >= 0.6 is 0 Å². The van der Waals surface area contributed by atoms with Gasteiger partial charge >= 0.3 is 5.97 Å². The molecular formula is C26H23NO4. The lowest BCUT2D eigenvalue weighted by atomic mass is 10.0. The Labute approximate surface area is 180 Å². The van der Waals surface area contributed by atoms with Crippen molar-refractivity contribution in [1.29, 1.82) is 0 Å². The summed E-state index contributed by atoms with van der Waals surface area (Å²) in [6, 6.07) is 20.8. The van der Waals surface area contributed by atoms with E-state index in [9.17, 15) is 9.90 Å². The van der Waals surface area contributed by atoms with Crippen molar-refractivity contribution in [3.05, 3.63) is 89.0 Å². The van der Waals surface area contributed by atoms with Gasteiger partial charge in [-0.25, -0.2) is 9.78 Å². The first-order chi connectivity index (χ1) is 15.0. The number of benzene rings is 3. The number of fused-ring (bicyclic) bond motifs is 1. The Hall–Kier alpha value is -3.86. The van der Waals surface area contributed by atoms with Gasteiger partial charge in [0.05, 0.1) is 23.9 Å². The first-order valence-electron chi connectivity index (χ1n) is 9.96. The highest BCUT2D eigenvalue weighted by molar-refractivity contribution is 6.04. The van der Waals surface area contributed by atoms with Crippen molar-refractivity contribution in [1.82, 2.24) is 4.98 Å². The third-order valence-electron chi connectivity index (χ3n) is 5.25. The lowest BCUT2D eigenvalue weighted by molar-refractivity contribution is 0.0699. The molecule has 1 heterocycles. The van der Waals surface area contributed by atoms with Gasteiger partial charge in [-0.2, -0.15) is 0 Å². The molecule has 0 spiro atoms. The van der Waals surface area contributed by atoms with Crippen molar-refractivity contribution in [2.24, 2.45) is 0 Å². The molecular weight excluding hydrogens is 390 g/mol. The summed E-state index contributed by atoms with van der Waals surface area (Å²) in [5.41, 5.74) is 5.42. The zero-order chi connectivity index (χ0) is 22.0. The fraction of sp³-hybridized carbons (Fsp3) is 0.154. The molecule has 5 heteroatoms. The molecule has 1 N–H and O–H groups in total. The van der Waals surface area contributed by atoms with Crippen LogP contribution in [0.3, 0.4) is 0 Å². The summed E-state index contributed by atoms with van der Waals surface area (Å²) in [4.78, 5) is 16.6. The van der Waals surface area contributed by atoms with E-state index in [1.165, 1.54) is 5.56 Å². The molecule has 0 atom stereocenters. The molecule has 0 radical (unpaired) electrons. The number of carboxylic acids is 1. The smallest absolute Gasteiger partial charge is 0.336 e. The second-order valence-electron chi connectivity index (χ2n) is 7.47. The maximum Gasteiger partial charge on any atom is 0.336 e. The van der Waals surface area contributed by atoms with Crippen molar-refractivity contribution in [3.63, 3.8) is 0 Å². The van der Waals surface area contributed by atoms with Crippen LogP contribution in [0, 0.1) is 13.8 Å². The second-order valence-corrected chi connectivity index (χ2v) is 7.47. The number of ether oxygens (including phenoxy) is 2. The van der Waals surface area contributed by atoms with Crippen LogP contribution in [-0.4, -0.2) is 23.2 Å². The molecule has 4 rings (SSSR count). The number of hydrogen-bond donors (Lipinski definition) is 1. The predicted molar refractivity (Wildman–Crippen MR) is 121 cm³/mol. The summed E-state index contributed by atoms with van der Waals surface area (Å²) >= 11 is 0. The van der Waals surface area contributed by atoms with E-state index in [0.717, 1.165) is 16.7 Å². The molecule has 0 fully saturated rings. The largest absolute Gasteiger partial charge is 0.493 e. The zero-order valence-electron chi connectivity index (χ0n) is 17.7. The van der Waals surface area contributed by atoms with Crippen molar-refractivity contribution >= 4 is 16.9 Å². The minimum absolute atomic E-state index is 0.224. The summed E-state index contributed by atoms with van der Waals surface area (Å²) in [6.07, 6.45) is 0. The molecule has 3 aromatic carbocycles. The quantitative estimate of drug-likeness (QED) is 0.432. The van der Waals surface area contributed by atoms with Crippen LogP contribution in [0.1, 0.15) is 27.0 Å². The molecule has 0 unspecified atom stereocenters. The average Bonchev–Trinajstić information content (AvgIpc) is 2.78. The molecule has 0 bridgehead atoms. The van der Waals surface area contributed by atoms with Gasteiger partial charge in [0, 0.05) is 10.9 Å². The number of methoxy groups -OCH3 is 1. The number of aryl methyl sites for hydroxylation is 2. The van der Waals surface area contributed by atoms with Crippen LogP contribution in [0.2, 0.25) is 0 Å². The number of carbonyl (C=O) groups is 1. The topological polar surface area (TPSA) is 68.7 Å². The van der Waals surface area contributed by atoms with E-state index in [1.807, 2.05) is 68.4 Å². The minimum atomic E-state index is -0.982. The Morgan fingerprint density at radius 1 is 0.968 bits per heavy atom. The normalized spacial score (nSPS) is 10.8. The van der Waals surface area contributed by atoms with Gasteiger partial charge in [-0.15, -0.1) is 0 Å². The summed E-state index contributed by atoms with van der Waals surface area (Å²) in [5.74, 6) is 0.194. The van der Waals surface area contributed by atoms with E-state index in [0.29, 0.717) is 34.7 Å². The molecule has 0 saturated heterocycles. The fourth-order valence-electron chi connectivity index (χ4n) is 3.51. The van der Waals surface area contributed by atoms with Gasteiger partial charge in [0.2, 0.25) is 0 Å². The first kappa shape index (κ1) is 20.4. The Morgan fingerprint density at radius 2 is 1.74 bits per heavy atom. The minimum Gasteiger partial charge on any atom is -0.493 e. The first-order valence-corrected chi connectivity index (χ1v) is 9.96. The van der Waals surface area contributed by atoms with E-state index in [2.05, 4.69) is 0 Å². The molecule has 0 saturated carbocycles. The van der Waals surface area contributed by atoms with E-state index in [4.69, 9.17) is 14.5 Å². The number of pyridine rings is 1. The highest BCUT2D eigenvalue weighted by Crippen LogP contribution is 2.34. The summed E-state index contributed by atoms with van der Waals surface area (Å²) in [7, 11) is 1.58. The van der Waals surface area contributed by atoms with E-state index >= 15 is 0 Å². The van der Waals surface area contributed by atoms with Gasteiger partial charge in [-0.05, 0) is 49.2 Å². The van der Waals surface area contributed by atoms with Crippen LogP contribution in [-0.2, 0) is 6.61 Å². The van der Waals surface area contributed by atoms with Gasteiger partial charge in [-0.1, -0.05) is 48.0 Å². The lowest BCUT2D eigenvalue weighted by Crippen LogP contribution is -2.02. The van der Waals surface area contributed by atoms with Gasteiger partial charge < -0.3 is 14.6 Å². The number of rotatable bonds is 6. The highest BCUT2D eigenvalue weighted by Gasteiger charge is 2.15. The van der Waals surface area contributed by atoms with Gasteiger partial charge in [-0.3, -0.25) is 0 Å². The van der Waals surface area contributed by atoms with E-state index < -0.39 is 5.97 Å². The van der Waals surface area contributed by atoms with Gasteiger partial charge in [0.15, 0.2) is 11.5 Å². The Morgan fingerprint density at radius 3 is 2.45 bits per heavy atom. The molecule has 5 nitrogen and oxygen atoms in total. The lowest BCUT2D eigenvalue weighted by Gasteiger charge is -2.13. The van der Waals surface area contributed by atoms with Gasteiger partial charge in [0.1, 0.15) is 6.61 Å². The molecule has 31 heavy (non-hydrogen) atoms. The van der Waals surface area contributed by atoms with Crippen molar-refractivity contribution in [2.75, 3.05) is 7.11 Å². The molecule has 0 aliphatic rings. The third-order valence-corrected chi connectivity index (χ3v) is 5.25. The number of para-hydroxylation sites is 1. The van der Waals surface area contributed by atoms with Crippen LogP contribution in [0.15, 0.2) is 66.7 Å². The highest BCUT2D eigenvalue weighted by atomic mass is 16.5. The van der Waals surface area contributed by atoms with Crippen molar-refractivity contribution in [3.8, 4) is 22.8 Å². The number of nitrogens with zero attached hydrogens (tertiary/aromatic N) is 1. The molecule has 156 valence electrons. The number of aromatic nitrogens is 1. The molecule has 1 aromatic heterocycles. The zero-order valence-corrected chi connectivity index (χ0v) is 17.7. The Bertz CT molecular complexity index is 1260. The maximum absolute atomic E-state index is 11.9. The summed E-state index contributed by atoms with van der Waals surface area (Å²) in [5, 5.41) is 10.3. The Balaban J connectivity index is 1.70. The monoisotopic (exact) mass is 413 g/mol. The SMILES string of the molecule is COc1cc(-c2cc(C(=O)O)c3cccc(C)c3n2)ccc1OCc1ccc(C)cc1. The molecule has 4 aromatic rings. The number of carboxylic acid groups (broad SMARTS) is 1.